The first-order chi connectivity index (χ1) is 7.60. The number of rotatable bonds is 9. The van der Waals surface area contributed by atoms with Gasteiger partial charge in [-0.25, -0.2) is 0 Å². The van der Waals surface area contributed by atoms with Gasteiger partial charge < -0.3 is 16.2 Å². The van der Waals surface area contributed by atoms with Crippen LogP contribution in [0, 0.1) is 5.92 Å². The van der Waals surface area contributed by atoms with Gasteiger partial charge in [0.2, 0.25) is 5.91 Å². The predicted molar refractivity (Wildman–Crippen MR) is 66.0 cm³/mol. The Morgan fingerprint density at radius 2 is 2.06 bits per heavy atom. The highest BCUT2D eigenvalue weighted by molar-refractivity contribution is 5.75. The lowest BCUT2D eigenvalue weighted by molar-refractivity contribution is -0.121. The average molecular weight is 230 g/mol. The van der Waals surface area contributed by atoms with Crippen LogP contribution in [0.1, 0.15) is 46.0 Å². The Bertz CT molecular complexity index is 186. The molecule has 0 aromatic heterocycles. The fourth-order valence-corrected chi connectivity index (χ4v) is 1.48. The molecule has 0 aliphatic heterocycles. The number of nitrogens with two attached hydrogens (primary N) is 1. The van der Waals surface area contributed by atoms with Gasteiger partial charge in [-0.3, -0.25) is 4.79 Å². The van der Waals surface area contributed by atoms with E-state index in [0.717, 1.165) is 19.3 Å². The van der Waals surface area contributed by atoms with Crippen LogP contribution in [0.2, 0.25) is 0 Å². The van der Waals surface area contributed by atoms with E-state index in [9.17, 15) is 9.90 Å². The van der Waals surface area contributed by atoms with Gasteiger partial charge in [-0.15, -0.1) is 0 Å². The van der Waals surface area contributed by atoms with E-state index < -0.39 is 0 Å². The maximum Gasteiger partial charge on any atom is 0.220 e. The van der Waals surface area contributed by atoms with Crippen LogP contribution in [-0.4, -0.2) is 30.2 Å². The zero-order valence-electron chi connectivity index (χ0n) is 10.5. The lowest BCUT2D eigenvalue weighted by Gasteiger charge is -2.11. The molecule has 16 heavy (non-hydrogen) atoms. The highest BCUT2D eigenvalue weighted by Crippen LogP contribution is 2.08. The number of amides is 1. The quantitative estimate of drug-likeness (QED) is 0.554. The molecule has 0 aromatic carbocycles. The van der Waals surface area contributed by atoms with Gasteiger partial charge in [-0.2, -0.15) is 0 Å². The molecule has 2 atom stereocenters. The largest absolute Gasteiger partial charge is 0.393 e. The van der Waals surface area contributed by atoms with E-state index in [0.29, 0.717) is 31.8 Å². The minimum atomic E-state index is -0.295. The van der Waals surface area contributed by atoms with Gasteiger partial charge in [-0.05, 0) is 38.1 Å². The van der Waals surface area contributed by atoms with Crippen LogP contribution < -0.4 is 11.1 Å². The molecule has 0 spiro atoms. The molecule has 4 N–H and O–H groups in total. The summed E-state index contributed by atoms with van der Waals surface area (Å²) in [5, 5.41) is 12.1. The Hall–Kier alpha value is -0.610. The van der Waals surface area contributed by atoms with Gasteiger partial charge >= 0.3 is 0 Å². The first kappa shape index (κ1) is 15.4. The second-order valence-corrected chi connectivity index (χ2v) is 4.42. The highest BCUT2D eigenvalue weighted by Gasteiger charge is 2.06. The van der Waals surface area contributed by atoms with E-state index >= 15 is 0 Å². The molecule has 0 saturated heterocycles. The molecule has 0 bridgehead atoms. The van der Waals surface area contributed by atoms with Gasteiger partial charge in [0, 0.05) is 13.0 Å². The molecular weight excluding hydrogens is 204 g/mol. The summed E-state index contributed by atoms with van der Waals surface area (Å²) in [5.74, 6) is 0.587. The Morgan fingerprint density at radius 1 is 1.38 bits per heavy atom. The summed E-state index contributed by atoms with van der Waals surface area (Å²) in [5.41, 5.74) is 5.44. The summed E-state index contributed by atoms with van der Waals surface area (Å²) in [6.07, 6.45) is 3.51. The lowest BCUT2D eigenvalue weighted by Crippen LogP contribution is -2.27. The van der Waals surface area contributed by atoms with Crippen molar-refractivity contribution < 1.29 is 9.90 Å². The van der Waals surface area contributed by atoms with Gasteiger partial charge in [0.15, 0.2) is 0 Å². The standard InChI is InChI=1S/C12H26N2O2/c1-3-11(15)7-9-14-12(16)5-4-10(2)6-8-13/h10-11,15H,3-9,13H2,1-2H3,(H,14,16). The predicted octanol–water partition coefficient (Wildman–Crippen LogP) is 1.03. The molecular formula is C12H26N2O2. The average Bonchev–Trinajstić information content (AvgIpc) is 2.26. The van der Waals surface area contributed by atoms with Crippen molar-refractivity contribution in [3.63, 3.8) is 0 Å². The normalized spacial score (nSPS) is 14.5. The molecule has 96 valence electrons. The topological polar surface area (TPSA) is 75.3 Å². The molecule has 0 aliphatic rings. The van der Waals surface area contributed by atoms with Crippen LogP contribution in [-0.2, 0) is 4.79 Å². The van der Waals surface area contributed by atoms with Gasteiger partial charge in [-0.1, -0.05) is 13.8 Å². The summed E-state index contributed by atoms with van der Waals surface area (Å²) in [6, 6.07) is 0. The van der Waals surface area contributed by atoms with Crippen LogP contribution in [0.25, 0.3) is 0 Å². The fraction of sp³-hybridized carbons (Fsp3) is 0.917. The SMILES string of the molecule is CCC(O)CCNC(=O)CCC(C)CCN. The molecule has 4 nitrogen and oxygen atoms in total. The van der Waals surface area contributed by atoms with Crippen molar-refractivity contribution in [1.29, 1.82) is 0 Å². The third kappa shape index (κ3) is 8.68. The Morgan fingerprint density at radius 3 is 2.62 bits per heavy atom. The third-order valence-corrected chi connectivity index (χ3v) is 2.79. The first-order valence-electron chi connectivity index (χ1n) is 6.25. The van der Waals surface area contributed by atoms with E-state index in [1.54, 1.807) is 0 Å². The maximum atomic E-state index is 11.4. The monoisotopic (exact) mass is 230 g/mol. The van der Waals surface area contributed by atoms with E-state index in [4.69, 9.17) is 5.73 Å². The van der Waals surface area contributed by atoms with Crippen LogP contribution in [0.5, 0.6) is 0 Å². The summed E-state index contributed by atoms with van der Waals surface area (Å²) in [6.45, 7) is 5.30. The molecule has 0 aromatic rings. The number of carbonyl (C=O) groups is 1. The van der Waals surface area contributed by atoms with Gasteiger partial charge in [0.1, 0.15) is 0 Å². The van der Waals surface area contributed by atoms with Crippen LogP contribution in [0.4, 0.5) is 0 Å². The van der Waals surface area contributed by atoms with E-state index in [1.165, 1.54) is 0 Å². The van der Waals surface area contributed by atoms with E-state index in [-0.39, 0.29) is 12.0 Å². The van der Waals surface area contributed by atoms with Gasteiger partial charge in [0.05, 0.1) is 6.10 Å². The van der Waals surface area contributed by atoms with Crippen molar-refractivity contribution in [2.24, 2.45) is 11.7 Å². The zero-order valence-corrected chi connectivity index (χ0v) is 10.5. The number of hydrogen-bond donors (Lipinski definition) is 3. The molecule has 0 fully saturated rings. The summed E-state index contributed by atoms with van der Waals surface area (Å²) in [4.78, 5) is 11.4. The van der Waals surface area contributed by atoms with Crippen molar-refractivity contribution in [2.45, 2.75) is 52.1 Å². The van der Waals surface area contributed by atoms with Crippen molar-refractivity contribution in [2.75, 3.05) is 13.1 Å². The van der Waals surface area contributed by atoms with E-state index in [1.807, 2.05) is 6.92 Å². The summed E-state index contributed by atoms with van der Waals surface area (Å²) >= 11 is 0. The second-order valence-electron chi connectivity index (χ2n) is 4.42. The number of nitrogens with one attached hydrogen (secondary N) is 1. The molecule has 4 heteroatoms. The van der Waals surface area contributed by atoms with Crippen LogP contribution in [0.15, 0.2) is 0 Å². The summed E-state index contributed by atoms with van der Waals surface area (Å²) < 4.78 is 0. The van der Waals surface area contributed by atoms with Crippen molar-refractivity contribution >= 4 is 5.91 Å². The highest BCUT2D eigenvalue weighted by atomic mass is 16.3. The number of carbonyl (C=O) groups excluding carboxylic acids is 1. The van der Waals surface area contributed by atoms with Crippen LogP contribution in [0.3, 0.4) is 0 Å². The third-order valence-electron chi connectivity index (χ3n) is 2.79. The smallest absolute Gasteiger partial charge is 0.220 e. The molecule has 0 aliphatic carbocycles. The second kappa shape index (κ2) is 9.60. The van der Waals surface area contributed by atoms with Crippen LogP contribution >= 0.6 is 0 Å². The minimum Gasteiger partial charge on any atom is -0.393 e. The number of hydrogen-bond acceptors (Lipinski definition) is 3. The summed E-state index contributed by atoms with van der Waals surface area (Å²) in [7, 11) is 0. The lowest BCUT2D eigenvalue weighted by atomic mass is 10.0. The fourth-order valence-electron chi connectivity index (χ4n) is 1.48. The first-order valence-corrected chi connectivity index (χ1v) is 6.25. The minimum absolute atomic E-state index is 0.0761. The molecule has 0 heterocycles. The van der Waals surface area contributed by atoms with Crippen molar-refractivity contribution in [1.82, 2.24) is 5.32 Å². The zero-order chi connectivity index (χ0) is 12.4. The van der Waals surface area contributed by atoms with Crippen molar-refractivity contribution in [3.8, 4) is 0 Å². The number of aliphatic hydroxyl groups is 1. The molecule has 1 amide bonds. The van der Waals surface area contributed by atoms with Crippen molar-refractivity contribution in [3.05, 3.63) is 0 Å². The maximum absolute atomic E-state index is 11.4. The van der Waals surface area contributed by atoms with E-state index in [2.05, 4.69) is 12.2 Å². The molecule has 0 radical (unpaired) electrons. The Kier molecular flexibility index (Phi) is 9.24. The Balaban J connectivity index is 3.44. The van der Waals surface area contributed by atoms with Gasteiger partial charge in [0.25, 0.3) is 0 Å². The molecule has 0 rings (SSSR count). The molecule has 0 saturated carbocycles. The number of aliphatic hydroxyl groups excluding tert-OH is 1. The molecule has 2 unspecified atom stereocenters. The Labute approximate surface area is 98.6 Å².